The Balaban J connectivity index is 1.97. The van der Waals surface area contributed by atoms with E-state index in [1.165, 1.54) is 6.08 Å². The van der Waals surface area contributed by atoms with E-state index in [9.17, 15) is 14.0 Å². The van der Waals surface area contributed by atoms with Gasteiger partial charge in [-0.05, 0) is 30.2 Å². The molecule has 0 saturated carbocycles. The summed E-state index contributed by atoms with van der Waals surface area (Å²) in [6.07, 6.45) is 3.93. The Morgan fingerprint density at radius 3 is 2.65 bits per heavy atom. The second kappa shape index (κ2) is 10.7. The summed E-state index contributed by atoms with van der Waals surface area (Å²) in [5.41, 5.74) is 2.41. The van der Waals surface area contributed by atoms with Crippen molar-refractivity contribution in [2.75, 3.05) is 26.2 Å². The van der Waals surface area contributed by atoms with Crippen molar-refractivity contribution >= 4 is 35.0 Å². The lowest BCUT2D eigenvalue weighted by molar-refractivity contribution is -0.141. The van der Waals surface area contributed by atoms with E-state index in [4.69, 9.17) is 28.3 Å². The van der Waals surface area contributed by atoms with Gasteiger partial charge in [0.15, 0.2) is 11.6 Å². The van der Waals surface area contributed by atoms with Crippen molar-refractivity contribution < 1.29 is 19.1 Å². The first-order valence-corrected chi connectivity index (χ1v) is 10.5. The van der Waals surface area contributed by atoms with Crippen LogP contribution < -0.4 is 0 Å². The van der Waals surface area contributed by atoms with Crippen molar-refractivity contribution in [3.63, 3.8) is 0 Å². The van der Waals surface area contributed by atoms with Crippen LogP contribution in [-0.2, 0) is 9.59 Å². The number of aromatic nitrogens is 2. The van der Waals surface area contributed by atoms with Crippen LogP contribution in [0.3, 0.4) is 0 Å². The van der Waals surface area contributed by atoms with Gasteiger partial charge >= 0.3 is 0 Å². The molecule has 2 heterocycles. The third-order valence-electron chi connectivity index (χ3n) is 4.95. The van der Waals surface area contributed by atoms with Gasteiger partial charge in [-0.2, -0.15) is 0 Å². The molecule has 1 aromatic carbocycles. The van der Waals surface area contributed by atoms with E-state index in [0.29, 0.717) is 35.7 Å². The lowest BCUT2D eigenvalue weighted by Gasteiger charge is -2.41. The number of benzene rings is 1. The van der Waals surface area contributed by atoms with E-state index in [-0.39, 0.29) is 37.2 Å². The maximum Gasteiger partial charge on any atom is 0.247 e. The van der Waals surface area contributed by atoms with Crippen LogP contribution in [0.25, 0.3) is 11.4 Å². The average molecular weight is 467 g/mol. The molecule has 0 bridgehead atoms. The van der Waals surface area contributed by atoms with Gasteiger partial charge in [0, 0.05) is 54.9 Å². The van der Waals surface area contributed by atoms with E-state index < -0.39 is 11.9 Å². The normalized spacial score (nSPS) is 16.7. The zero-order valence-electron chi connectivity index (χ0n) is 16.5. The van der Waals surface area contributed by atoms with Crippen LogP contribution in [0, 0.1) is 5.82 Å². The second-order valence-corrected chi connectivity index (χ2v) is 7.69. The quantitative estimate of drug-likeness (QED) is 0.660. The summed E-state index contributed by atoms with van der Waals surface area (Å²) in [7, 11) is 0. The number of carbonyl (C=O) groups is 2. The van der Waals surface area contributed by atoms with Crippen molar-refractivity contribution in [2.24, 2.45) is 0 Å². The van der Waals surface area contributed by atoms with Crippen molar-refractivity contribution in [1.82, 2.24) is 19.8 Å². The summed E-state index contributed by atoms with van der Waals surface area (Å²) in [4.78, 5) is 36.4. The molecule has 3 rings (SSSR count). The molecule has 1 atom stereocenters. The van der Waals surface area contributed by atoms with Gasteiger partial charge in [-0.15, -0.1) is 0 Å². The Bertz CT molecular complexity index is 972. The molecule has 1 fully saturated rings. The minimum absolute atomic E-state index is 0.0847. The molecular weight excluding hydrogens is 446 g/mol. The van der Waals surface area contributed by atoms with Crippen LogP contribution in [-0.4, -0.2) is 62.9 Å². The van der Waals surface area contributed by atoms with E-state index in [1.807, 2.05) is 0 Å². The molecule has 0 spiro atoms. The summed E-state index contributed by atoms with van der Waals surface area (Å²) in [5, 5.41) is 9.48. The fraction of sp³-hybridized carbons (Fsp3) is 0.333. The van der Waals surface area contributed by atoms with Gasteiger partial charge in [-0.3, -0.25) is 9.59 Å². The van der Waals surface area contributed by atoms with E-state index in [0.717, 1.165) is 17.9 Å². The molecule has 1 saturated heterocycles. The molecule has 7 nitrogen and oxygen atoms in total. The maximum absolute atomic E-state index is 13.2. The van der Waals surface area contributed by atoms with Crippen molar-refractivity contribution in [1.29, 1.82) is 0 Å². The van der Waals surface area contributed by atoms with Crippen LogP contribution in [0.4, 0.5) is 4.39 Å². The van der Waals surface area contributed by atoms with Gasteiger partial charge in [0.05, 0.1) is 18.4 Å². The zero-order chi connectivity index (χ0) is 22.4. The predicted molar refractivity (Wildman–Crippen MR) is 115 cm³/mol. The fourth-order valence-electron chi connectivity index (χ4n) is 3.50. The van der Waals surface area contributed by atoms with Crippen molar-refractivity contribution in [3.05, 3.63) is 58.6 Å². The standard InChI is InChI=1S/C21H21Cl2FN4O3/c22-4-3-19(30)27-5-6-28(20(31)2-1-7-29)18(13-27)14-8-15(10-16(23)9-14)21-25-11-17(24)12-26-21/h3-4,8-12,18,29H,1-2,5-7,13H2/b4-3-/t18-/m0/s1. The number of halogens is 3. The topological polar surface area (TPSA) is 86.6 Å². The molecular formula is C21H21Cl2FN4O3. The SMILES string of the molecule is O=C(/C=C\Cl)N1CCN(C(=O)CCCO)[C@H](c2cc(Cl)cc(-c3ncc(F)cn3)c2)C1. The number of aliphatic hydroxyl groups excluding tert-OH is 1. The van der Waals surface area contributed by atoms with Gasteiger partial charge in [0.1, 0.15) is 0 Å². The molecule has 1 N–H and O–H groups in total. The predicted octanol–water partition coefficient (Wildman–Crippen LogP) is 3.17. The van der Waals surface area contributed by atoms with Gasteiger partial charge in [-0.25, -0.2) is 14.4 Å². The number of nitrogens with zero attached hydrogens (tertiary/aromatic N) is 4. The minimum Gasteiger partial charge on any atom is -0.396 e. The number of carbonyl (C=O) groups excluding carboxylic acids is 2. The molecule has 0 unspecified atom stereocenters. The van der Waals surface area contributed by atoms with E-state index in [1.54, 1.807) is 28.0 Å². The summed E-state index contributed by atoms with van der Waals surface area (Å²) >= 11 is 11.9. The molecule has 10 heteroatoms. The summed E-state index contributed by atoms with van der Waals surface area (Å²) in [6.45, 7) is 0.842. The van der Waals surface area contributed by atoms with Crippen molar-refractivity contribution in [3.8, 4) is 11.4 Å². The highest BCUT2D eigenvalue weighted by molar-refractivity contribution is 6.31. The number of amides is 2. The molecule has 164 valence electrons. The minimum atomic E-state index is -0.555. The first-order valence-electron chi connectivity index (χ1n) is 9.67. The average Bonchev–Trinajstić information content (AvgIpc) is 2.77. The van der Waals surface area contributed by atoms with Crippen LogP contribution in [0.1, 0.15) is 24.4 Å². The van der Waals surface area contributed by atoms with E-state index >= 15 is 0 Å². The molecule has 2 aromatic rings. The smallest absolute Gasteiger partial charge is 0.247 e. The molecule has 0 radical (unpaired) electrons. The second-order valence-electron chi connectivity index (χ2n) is 7.01. The molecule has 2 amide bonds. The number of hydrogen-bond acceptors (Lipinski definition) is 5. The molecule has 0 aliphatic carbocycles. The highest BCUT2D eigenvalue weighted by Crippen LogP contribution is 2.32. The monoisotopic (exact) mass is 466 g/mol. The van der Waals surface area contributed by atoms with Crippen LogP contribution in [0.5, 0.6) is 0 Å². The lowest BCUT2D eigenvalue weighted by Crippen LogP contribution is -2.52. The Hall–Kier alpha value is -2.55. The summed E-state index contributed by atoms with van der Waals surface area (Å²) in [5.74, 6) is -0.650. The Morgan fingerprint density at radius 2 is 1.97 bits per heavy atom. The number of rotatable bonds is 6. The van der Waals surface area contributed by atoms with Gasteiger partial charge in [0.2, 0.25) is 11.8 Å². The van der Waals surface area contributed by atoms with Crippen LogP contribution in [0.2, 0.25) is 5.02 Å². The first kappa shape index (κ1) is 23.1. The Kier molecular flexibility index (Phi) is 7.95. The van der Waals surface area contributed by atoms with Gasteiger partial charge in [0.25, 0.3) is 0 Å². The van der Waals surface area contributed by atoms with Gasteiger partial charge in [-0.1, -0.05) is 23.2 Å². The maximum atomic E-state index is 13.2. The number of piperazine rings is 1. The van der Waals surface area contributed by atoms with E-state index in [2.05, 4.69) is 9.97 Å². The lowest BCUT2D eigenvalue weighted by atomic mass is 9.98. The Morgan fingerprint density at radius 1 is 1.23 bits per heavy atom. The van der Waals surface area contributed by atoms with Crippen LogP contribution >= 0.6 is 23.2 Å². The number of aliphatic hydroxyl groups is 1. The highest BCUT2D eigenvalue weighted by Gasteiger charge is 2.33. The largest absolute Gasteiger partial charge is 0.396 e. The molecule has 31 heavy (non-hydrogen) atoms. The zero-order valence-corrected chi connectivity index (χ0v) is 18.1. The molecule has 1 aliphatic rings. The van der Waals surface area contributed by atoms with Gasteiger partial charge < -0.3 is 14.9 Å². The molecule has 1 aromatic heterocycles. The summed E-state index contributed by atoms with van der Waals surface area (Å²) in [6, 6.07) is 4.68. The third kappa shape index (κ3) is 5.78. The number of hydrogen-bond donors (Lipinski definition) is 1. The molecule has 1 aliphatic heterocycles. The fourth-order valence-corrected chi connectivity index (χ4v) is 3.85. The van der Waals surface area contributed by atoms with Crippen LogP contribution in [0.15, 0.2) is 42.2 Å². The first-order chi connectivity index (χ1) is 14.9. The Labute approximate surface area is 189 Å². The highest BCUT2D eigenvalue weighted by atomic mass is 35.5. The third-order valence-corrected chi connectivity index (χ3v) is 5.29. The summed E-state index contributed by atoms with van der Waals surface area (Å²) < 4.78 is 13.2. The van der Waals surface area contributed by atoms with Crippen molar-refractivity contribution in [2.45, 2.75) is 18.9 Å².